The lowest BCUT2D eigenvalue weighted by Crippen LogP contribution is -2.31. The van der Waals surface area contributed by atoms with Crippen LogP contribution in [0.2, 0.25) is 0 Å². The van der Waals surface area contributed by atoms with E-state index in [1.165, 1.54) is 10.5 Å². The average molecular weight is 212 g/mol. The molecular formula is C9H12N2O2S. The molecule has 0 saturated heterocycles. The highest BCUT2D eigenvalue weighted by Crippen LogP contribution is 2.29. The summed E-state index contributed by atoms with van der Waals surface area (Å²) >= 11 is 0. The lowest BCUT2D eigenvalue weighted by Gasteiger charge is -2.17. The molecule has 76 valence electrons. The van der Waals surface area contributed by atoms with Crippen molar-refractivity contribution >= 4 is 10.0 Å². The highest BCUT2D eigenvalue weighted by molar-refractivity contribution is 7.89. The zero-order valence-corrected chi connectivity index (χ0v) is 8.95. The normalized spacial score (nSPS) is 19.9. The summed E-state index contributed by atoms with van der Waals surface area (Å²) in [6, 6.07) is 3.55. The average Bonchev–Trinajstić information content (AvgIpc) is 2.39. The largest absolute Gasteiger partial charge is 0.261 e. The van der Waals surface area contributed by atoms with Crippen molar-refractivity contribution < 1.29 is 8.42 Å². The first-order valence-electron chi connectivity index (χ1n) is 4.49. The molecule has 5 heteroatoms. The van der Waals surface area contributed by atoms with Gasteiger partial charge in [0.15, 0.2) is 5.03 Å². The van der Waals surface area contributed by atoms with Gasteiger partial charge in [0.05, 0.1) is 0 Å². The van der Waals surface area contributed by atoms with E-state index in [1.54, 1.807) is 6.07 Å². The maximum Gasteiger partial charge on any atom is 0.261 e. The van der Waals surface area contributed by atoms with Crippen molar-refractivity contribution in [3.8, 4) is 0 Å². The van der Waals surface area contributed by atoms with Crippen molar-refractivity contribution in [2.24, 2.45) is 0 Å². The van der Waals surface area contributed by atoms with Gasteiger partial charge in [-0.1, -0.05) is 6.07 Å². The molecule has 14 heavy (non-hydrogen) atoms. The minimum atomic E-state index is -3.32. The first-order valence-corrected chi connectivity index (χ1v) is 5.93. The smallest absolute Gasteiger partial charge is 0.243 e. The SMILES string of the molecule is CC(C)N1Cc2cccnc2S1(=O)=O. The molecular weight excluding hydrogens is 200 g/mol. The van der Waals surface area contributed by atoms with Crippen molar-refractivity contribution in [1.29, 1.82) is 0 Å². The van der Waals surface area contributed by atoms with E-state index >= 15 is 0 Å². The summed E-state index contributed by atoms with van der Waals surface area (Å²) in [6.07, 6.45) is 1.51. The molecule has 0 radical (unpaired) electrons. The Kier molecular flexibility index (Phi) is 2.08. The summed E-state index contributed by atoms with van der Waals surface area (Å²) in [7, 11) is -3.32. The van der Waals surface area contributed by atoms with Crippen LogP contribution in [0.3, 0.4) is 0 Å². The minimum absolute atomic E-state index is 0.0193. The lowest BCUT2D eigenvalue weighted by molar-refractivity contribution is 0.363. The Morgan fingerprint density at radius 3 is 2.79 bits per heavy atom. The zero-order chi connectivity index (χ0) is 10.3. The maximum atomic E-state index is 11.9. The van der Waals surface area contributed by atoms with E-state index in [2.05, 4.69) is 4.98 Å². The van der Waals surface area contributed by atoms with Crippen LogP contribution < -0.4 is 0 Å². The van der Waals surface area contributed by atoms with E-state index in [4.69, 9.17) is 0 Å². The van der Waals surface area contributed by atoms with Crippen LogP contribution in [0.25, 0.3) is 0 Å². The van der Waals surface area contributed by atoms with Gasteiger partial charge < -0.3 is 0 Å². The van der Waals surface area contributed by atoms with Gasteiger partial charge in [-0.05, 0) is 19.9 Å². The van der Waals surface area contributed by atoms with E-state index in [0.29, 0.717) is 6.54 Å². The van der Waals surface area contributed by atoms with E-state index in [9.17, 15) is 8.42 Å². The molecule has 0 bridgehead atoms. The second-order valence-electron chi connectivity index (χ2n) is 3.61. The Balaban J connectivity index is 2.57. The molecule has 0 saturated carbocycles. The molecule has 0 atom stereocenters. The Labute approximate surface area is 83.6 Å². The van der Waals surface area contributed by atoms with Crippen LogP contribution in [-0.2, 0) is 16.6 Å². The summed E-state index contributed by atoms with van der Waals surface area (Å²) in [5, 5.41) is 0.216. The van der Waals surface area contributed by atoms with Crippen molar-refractivity contribution in [2.45, 2.75) is 31.5 Å². The van der Waals surface area contributed by atoms with Crippen LogP contribution in [-0.4, -0.2) is 23.7 Å². The van der Waals surface area contributed by atoms with Gasteiger partial charge in [0, 0.05) is 24.3 Å². The van der Waals surface area contributed by atoms with Crippen molar-refractivity contribution in [3.05, 3.63) is 23.9 Å². The van der Waals surface area contributed by atoms with Gasteiger partial charge in [0.1, 0.15) is 0 Å². The Bertz CT molecular complexity index is 454. The van der Waals surface area contributed by atoms with Crippen LogP contribution in [0.5, 0.6) is 0 Å². The number of hydrogen-bond donors (Lipinski definition) is 0. The molecule has 0 fully saturated rings. The molecule has 1 aliphatic rings. The van der Waals surface area contributed by atoms with Gasteiger partial charge >= 0.3 is 0 Å². The number of fused-ring (bicyclic) bond motifs is 1. The summed E-state index contributed by atoms with van der Waals surface area (Å²) in [4.78, 5) is 3.92. The number of rotatable bonds is 1. The third-order valence-electron chi connectivity index (χ3n) is 2.31. The third-order valence-corrected chi connectivity index (χ3v) is 4.33. The van der Waals surface area contributed by atoms with Crippen LogP contribution in [0.4, 0.5) is 0 Å². The molecule has 2 heterocycles. The van der Waals surface area contributed by atoms with Gasteiger partial charge in [-0.15, -0.1) is 0 Å². The van der Waals surface area contributed by atoms with Crippen LogP contribution in [0.1, 0.15) is 19.4 Å². The van der Waals surface area contributed by atoms with Gasteiger partial charge in [-0.2, -0.15) is 4.31 Å². The maximum absolute atomic E-state index is 11.9. The molecule has 0 unspecified atom stereocenters. The van der Waals surface area contributed by atoms with Gasteiger partial charge in [-0.3, -0.25) is 0 Å². The second kappa shape index (κ2) is 3.03. The predicted octanol–water partition coefficient (Wildman–Crippen LogP) is 0.994. The van der Waals surface area contributed by atoms with Gasteiger partial charge in [0.2, 0.25) is 0 Å². The summed E-state index contributed by atoms with van der Waals surface area (Å²) in [5.41, 5.74) is 0.793. The summed E-state index contributed by atoms with van der Waals surface area (Å²) in [5.74, 6) is 0. The Morgan fingerprint density at radius 2 is 2.21 bits per heavy atom. The molecule has 1 aromatic rings. The fraction of sp³-hybridized carbons (Fsp3) is 0.444. The van der Waals surface area contributed by atoms with E-state index in [1.807, 2.05) is 19.9 Å². The highest BCUT2D eigenvalue weighted by Gasteiger charge is 2.37. The lowest BCUT2D eigenvalue weighted by atomic mass is 10.2. The molecule has 0 N–H and O–H groups in total. The number of aromatic nitrogens is 1. The molecule has 4 nitrogen and oxygen atoms in total. The van der Waals surface area contributed by atoms with Crippen molar-refractivity contribution in [3.63, 3.8) is 0 Å². The molecule has 0 aromatic carbocycles. The molecule has 1 aromatic heterocycles. The fourth-order valence-electron chi connectivity index (χ4n) is 1.60. The van der Waals surface area contributed by atoms with Crippen molar-refractivity contribution in [1.82, 2.24) is 9.29 Å². The molecule has 0 amide bonds. The Morgan fingerprint density at radius 1 is 1.50 bits per heavy atom. The Hall–Kier alpha value is -0.940. The molecule has 2 rings (SSSR count). The summed E-state index contributed by atoms with van der Waals surface area (Å²) in [6.45, 7) is 4.18. The monoisotopic (exact) mass is 212 g/mol. The highest BCUT2D eigenvalue weighted by atomic mass is 32.2. The first kappa shape index (κ1) is 9.61. The number of pyridine rings is 1. The number of hydrogen-bond acceptors (Lipinski definition) is 3. The third kappa shape index (κ3) is 1.24. The zero-order valence-electron chi connectivity index (χ0n) is 8.14. The van der Waals surface area contributed by atoms with Crippen LogP contribution in [0, 0.1) is 0 Å². The minimum Gasteiger partial charge on any atom is -0.243 e. The standard InChI is InChI=1S/C9H12N2O2S/c1-7(2)11-6-8-4-3-5-10-9(8)14(11,12)13/h3-5,7H,6H2,1-2H3. The van der Waals surface area contributed by atoms with Gasteiger partial charge in [0.25, 0.3) is 10.0 Å². The molecule has 0 aliphatic carbocycles. The van der Waals surface area contributed by atoms with Crippen LogP contribution in [0.15, 0.2) is 23.4 Å². The number of nitrogens with zero attached hydrogens (tertiary/aromatic N) is 2. The second-order valence-corrected chi connectivity index (χ2v) is 5.42. The fourth-order valence-corrected chi connectivity index (χ4v) is 3.35. The van der Waals surface area contributed by atoms with Gasteiger partial charge in [-0.25, -0.2) is 13.4 Å². The first-order chi connectivity index (χ1) is 6.53. The topological polar surface area (TPSA) is 50.3 Å². The summed E-state index contributed by atoms with van der Waals surface area (Å²) < 4.78 is 25.2. The quantitative estimate of drug-likeness (QED) is 0.697. The van der Waals surface area contributed by atoms with E-state index < -0.39 is 10.0 Å². The van der Waals surface area contributed by atoms with E-state index in [-0.39, 0.29) is 11.1 Å². The van der Waals surface area contributed by atoms with Crippen LogP contribution >= 0.6 is 0 Å². The molecule has 1 aliphatic heterocycles. The van der Waals surface area contributed by atoms with Crippen molar-refractivity contribution in [2.75, 3.05) is 0 Å². The number of sulfonamides is 1. The predicted molar refractivity (Wildman–Crippen MR) is 52.1 cm³/mol. The van der Waals surface area contributed by atoms with E-state index in [0.717, 1.165) is 5.56 Å². The molecule has 0 spiro atoms.